The van der Waals surface area contributed by atoms with E-state index in [-0.39, 0.29) is 0 Å². The van der Waals surface area contributed by atoms with Crippen molar-refractivity contribution in [3.8, 4) is 0 Å². The van der Waals surface area contributed by atoms with Crippen molar-refractivity contribution < 1.29 is 0 Å². The fourth-order valence-electron chi connectivity index (χ4n) is 3.74. The van der Waals surface area contributed by atoms with Gasteiger partial charge in [0, 0.05) is 23.0 Å². The van der Waals surface area contributed by atoms with Gasteiger partial charge in [0.05, 0.1) is 0 Å². The lowest BCUT2D eigenvalue weighted by molar-refractivity contribution is 0.116. The summed E-state index contributed by atoms with van der Waals surface area (Å²) in [6, 6.07) is 9.33. The number of likely N-dealkylation sites (tertiary alicyclic amines) is 1. The van der Waals surface area contributed by atoms with Gasteiger partial charge < -0.3 is 4.90 Å². The van der Waals surface area contributed by atoms with Crippen LogP contribution in [0.5, 0.6) is 0 Å². The Balaban J connectivity index is 1.67. The summed E-state index contributed by atoms with van der Waals surface area (Å²) in [5.74, 6) is 0. The van der Waals surface area contributed by atoms with Crippen molar-refractivity contribution >= 4 is 11.6 Å². The normalized spacial score (nSPS) is 22.7. The van der Waals surface area contributed by atoms with Gasteiger partial charge in [-0.25, -0.2) is 0 Å². The van der Waals surface area contributed by atoms with Crippen LogP contribution in [0.4, 0.5) is 0 Å². The summed E-state index contributed by atoms with van der Waals surface area (Å²) in [4.78, 5) is 5.19. The van der Waals surface area contributed by atoms with Crippen LogP contribution in [0.1, 0.15) is 38.2 Å². The zero-order chi connectivity index (χ0) is 14.9. The number of rotatable bonds is 5. The molecule has 0 N–H and O–H groups in total. The van der Waals surface area contributed by atoms with Crippen LogP contribution < -0.4 is 0 Å². The van der Waals surface area contributed by atoms with E-state index in [0.717, 1.165) is 11.1 Å². The molecule has 0 bridgehead atoms. The lowest BCUT2D eigenvalue weighted by Crippen LogP contribution is -2.46. The van der Waals surface area contributed by atoms with Crippen LogP contribution in [0.2, 0.25) is 5.02 Å². The summed E-state index contributed by atoms with van der Waals surface area (Å²) in [7, 11) is 2.24. The third kappa shape index (κ3) is 3.44. The molecule has 3 heteroatoms. The predicted octanol–water partition coefficient (Wildman–Crippen LogP) is 3.79. The van der Waals surface area contributed by atoms with Crippen LogP contribution >= 0.6 is 11.6 Å². The van der Waals surface area contributed by atoms with Crippen molar-refractivity contribution in [1.82, 2.24) is 9.80 Å². The molecule has 116 valence electrons. The van der Waals surface area contributed by atoms with Crippen molar-refractivity contribution in [2.24, 2.45) is 0 Å². The van der Waals surface area contributed by atoms with Gasteiger partial charge >= 0.3 is 0 Å². The van der Waals surface area contributed by atoms with Crippen molar-refractivity contribution in [2.75, 3.05) is 33.2 Å². The number of halogens is 1. The van der Waals surface area contributed by atoms with E-state index >= 15 is 0 Å². The highest BCUT2D eigenvalue weighted by Crippen LogP contribution is 2.49. The summed E-state index contributed by atoms with van der Waals surface area (Å²) < 4.78 is 0. The average molecular weight is 307 g/mol. The first-order valence-corrected chi connectivity index (χ1v) is 8.69. The molecule has 1 saturated carbocycles. The van der Waals surface area contributed by atoms with Gasteiger partial charge in [0.2, 0.25) is 0 Å². The zero-order valence-electron chi connectivity index (χ0n) is 13.3. The van der Waals surface area contributed by atoms with E-state index in [1.165, 1.54) is 57.4 Å². The maximum absolute atomic E-state index is 6.04. The molecule has 1 saturated heterocycles. The van der Waals surface area contributed by atoms with E-state index in [4.69, 9.17) is 11.6 Å². The molecule has 3 rings (SSSR count). The van der Waals surface area contributed by atoms with Gasteiger partial charge in [-0.2, -0.15) is 0 Å². The van der Waals surface area contributed by atoms with Gasteiger partial charge in [-0.15, -0.1) is 0 Å². The van der Waals surface area contributed by atoms with E-state index in [9.17, 15) is 0 Å². The molecule has 0 unspecified atom stereocenters. The quantitative estimate of drug-likeness (QED) is 0.816. The first kappa shape index (κ1) is 15.3. The van der Waals surface area contributed by atoms with E-state index in [0.29, 0.717) is 5.41 Å². The second kappa shape index (κ2) is 6.28. The molecule has 0 amide bonds. The third-order valence-corrected chi connectivity index (χ3v) is 5.68. The Labute approximate surface area is 134 Å². The van der Waals surface area contributed by atoms with E-state index in [1.807, 2.05) is 12.1 Å². The standard InChI is InChI=1S/C18H27ClN2/c1-3-21(17-8-12-20(2)13-9-17)14-18(10-11-18)15-4-6-16(19)7-5-15/h4-7,17H,3,8-14H2,1-2H3. The van der Waals surface area contributed by atoms with Crippen molar-refractivity contribution in [3.05, 3.63) is 34.9 Å². The van der Waals surface area contributed by atoms with Crippen LogP contribution in [0, 0.1) is 0 Å². The lowest BCUT2D eigenvalue weighted by Gasteiger charge is -2.38. The fraction of sp³-hybridized carbons (Fsp3) is 0.667. The van der Waals surface area contributed by atoms with Gasteiger partial charge in [-0.1, -0.05) is 30.7 Å². The van der Waals surface area contributed by atoms with E-state index in [1.54, 1.807) is 0 Å². The highest BCUT2D eigenvalue weighted by molar-refractivity contribution is 6.30. The number of nitrogens with zero attached hydrogens (tertiary/aromatic N) is 2. The van der Waals surface area contributed by atoms with Crippen LogP contribution in [-0.4, -0.2) is 49.1 Å². The van der Waals surface area contributed by atoms with Crippen LogP contribution in [-0.2, 0) is 5.41 Å². The molecular formula is C18H27ClN2. The molecule has 1 heterocycles. The van der Waals surface area contributed by atoms with Crippen molar-refractivity contribution in [2.45, 2.75) is 44.1 Å². The number of benzene rings is 1. The molecular weight excluding hydrogens is 280 g/mol. The minimum atomic E-state index is 0.407. The first-order chi connectivity index (χ1) is 10.1. The summed E-state index contributed by atoms with van der Waals surface area (Å²) in [5.41, 5.74) is 1.89. The SMILES string of the molecule is CCN(CC1(c2ccc(Cl)cc2)CC1)C1CCN(C)CC1. The molecule has 0 radical (unpaired) electrons. The van der Waals surface area contributed by atoms with Crippen LogP contribution in [0.15, 0.2) is 24.3 Å². The zero-order valence-corrected chi connectivity index (χ0v) is 14.1. The third-order valence-electron chi connectivity index (χ3n) is 5.43. The lowest BCUT2D eigenvalue weighted by atomic mass is 9.93. The minimum absolute atomic E-state index is 0.407. The van der Waals surface area contributed by atoms with Crippen LogP contribution in [0.3, 0.4) is 0 Å². The smallest absolute Gasteiger partial charge is 0.0406 e. The highest BCUT2D eigenvalue weighted by atomic mass is 35.5. The second-order valence-electron chi connectivity index (χ2n) is 6.88. The number of piperidine rings is 1. The van der Waals surface area contributed by atoms with Gasteiger partial charge in [-0.05, 0) is 70.1 Å². The molecule has 1 aliphatic heterocycles. The topological polar surface area (TPSA) is 6.48 Å². The summed E-state index contributed by atoms with van der Waals surface area (Å²) in [6.45, 7) is 7.20. The Morgan fingerprint density at radius 3 is 2.33 bits per heavy atom. The Hall–Kier alpha value is -0.570. The second-order valence-corrected chi connectivity index (χ2v) is 7.32. The maximum Gasteiger partial charge on any atom is 0.0406 e. The number of hydrogen-bond acceptors (Lipinski definition) is 2. The summed E-state index contributed by atoms with van der Waals surface area (Å²) in [5, 5.41) is 0.845. The van der Waals surface area contributed by atoms with E-state index in [2.05, 4.69) is 35.9 Å². The molecule has 0 aromatic heterocycles. The van der Waals surface area contributed by atoms with Gasteiger partial charge in [0.25, 0.3) is 0 Å². The minimum Gasteiger partial charge on any atom is -0.306 e. The highest BCUT2D eigenvalue weighted by Gasteiger charge is 2.46. The molecule has 2 aliphatic rings. The Morgan fingerprint density at radius 2 is 1.81 bits per heavy atom. The Morgan fingerprint density at radius 1 is 1.19 bits per heavy atom. The van der Waals surface area contributed by atoms with Gasteiger partial charge in [-0.3, -0.25) is 4.90 Å². The summed E-state index contributed by atoms with van der Waals surface area (Å²) in [6.07, 6.45) is 5.30. The van der Waals surface area contributed by atoms with Crippen LogP contribution in [0.25, 0.3) is 0 Å². The van der Waals surface area contributed by atoms with Crippen molar-refractivity contribution in [1.29, 1.82) is 0 Å². The molecule has 2 fully saturated rings. The molecule has 2 nitrogen and oxygen atoms in total. The molecule has 1 aromatic rings. The predicted molar refractivity (Wildman–Crippen MR) is 90.1 cm³/mol. The van der Waals surface area contributed by atoms with Gasteiger partial charge in [0.1, 0.15) is 0 Å². The maximum atomic E-state index is 6.04. The monoisotopic (exact) mass is 306 g/mol. The largest absolute Gasteiger partial charge is 0.306 e. The number of hydrogen-bond donors (Lipinski definition) is 0. The molecule has 1 aromatic carbocycles. The van der Waals surface area contributed by atoms with E-state index < -0.39 is 0 Å². The van der Waals surface area contributed by atoms with Crippen molar-refractivity contribution in [3.63, 3.8) is 0 Å². The Kier molecular flexibility index (Phi) is 4.58. The average Bonchev–Trinajstić information content (AvgIpc) is 3.27. The Bertz CT molecular complexity index is 459. The fourth-order valence-corrected chi connectivity index (χ4v) is 3.87. The molecule has 0 atom stereocenters. The number of likely N-dealkylation sites (N-methyl/N-ethyl adjacent to an activating group) is 1. The molecule has 1 aliphatic carbocycles. The molecule has 0 spiro atoms. The molecule has 21 heavy (non-hydrogen) atoms. The summed E-state index contributed by atoms with van der Waals surface area (Å²) >= 11 is 6.04. The van der Waals surface area contributed by atoms with Gasteiger partial charge in [0.15, 0.2) is 0 Å². The first-order valence-electron chi connectivity index (χ1n) is 8.31.